The van der Waals surface area contributed by atoms with E-state index in [-0.39, 0.29) is 5.91 Å². The van der Waals surface area contributed by atoms with Gasteiger partial charge in [0.05, 0.1) is 11.1 Å². The normalized spacial score (nSPS) is 14.9. The van der Waals surface area contributed by atoms with Gasteiger partial charge in [0.1, 0.15) is 13.7 Å². The lowest BCUT2D eigenvalue weighted by molar-refractivity contribution is -0.126. The van der Waals surface area contributed by atoms with Crippen LogP contribution in [-0.2, 0) is 10.2 Å². The van der Waals surface area contributed by atoms with Gasteiger partial charge >= 0.3 is 0 Å². The van der Waals surface area contributed by atoms with E-state index < -0.39 is 5.41 Å². The van der Waals surface area contributed by atoms with E-state index in [2.05, 4.69) is 27.9 Å². The van der Waals surface area contributed by atoms with Gasteiger partial charge in [0.2, 0.25) is 5.91 Å². The number of amides is 1. The number of nitrogens with zero attached hydrogens (tertiary/aromatic N) is 3. The molecule has 0 aliphatic heterocycles. The number of hydrogen-bond donors (Lipinski definition) is 2. The van der Waals surface area contributed by atoms with Crippen molar-refractivity contribution < 1.29 is 4.79 Å². The maximum atomic E-state index is 13.3. The molecule has 0 saturated heterocycles. The van der Waals surface area contributed by atoms with Crippen molar-refractivity contribution in [1.29, 1.82) is 0 Å². The van der Waals surface area contributed by atoms with Gasteiger partial charge in [-0.2, -0.15) is 9.61 Å². The number of hydrogen-bond acceptors (Lipinski definition) is 4. The van der Waals surface area contributed by atoms with Crippen molar-refractivity contribution in [2.45, 2.75) is 31.1 Å². The third-order valence-corrected chi connectivity index (χ3v) is 7.06. The van der Waals surface area contributed by atoms with Crippen molar-refractivity contribution in [2.24, 2.45) is 0 Å². The Morgan fingerprint density at radius 3 is 2.56 bits per heavy atom. The van der Waals surface area contributed by atoms with Gasteiger partial charge in [0.25, 0.3) is 0 Å². The average molecular weight is 472 g/mol. The second-order valence-electron chi connectivity index (χ2n) is 8.91. The first-order chi connectivity index (χ1) is 16.6. The topological polar surface area (TPSA) is 71.3 Å². The molecule has 8 heteroatoms. The van der Waals surface area contributed by atoms with Gasteiger partial charge in [-0.3, -0.25) is 4.79 Å². The van der Waals surface area contributed by atoms with Crippen LogP contribution >= 0.6 is 11.6 Å². The fraction of sp³-hybridized carbons (Fsp3) is 0.269. The van der Waals surface area contributed by atoms with Crippen LogP contribution in [0.1, 0.15) is 31.2 Å². The first kappa shape index (κ1) is 22.5. The largest absolute Gasteiger partial charge is 0.368 e. The summed E-state index contributed by atoms with van der Waals surface area (Å²) in [6.45, 7) is 1.08. The van der Waals surface area contributed by atoms with Crippen LogP contribution < -0.4 is 16.1 Å². The van der Waals surface area contributed by atoms with Crippen LogP contribution in [0.3, 0.4) is 0 Å². The molecule has 0 radical (unpaired) electrons. The molecule has 1 fully saturated rings. The van der Waals surface area contributed by atoms with Crippen LogP contribution in [0.15, 0.2) is 66.9 Å². The summed E-state index contributed by atoms with van der Waals surface area (Å²) in [7, 11) is 1.99. The Kier molecular flexibility index (Phi) is 6.29. The number of halogens is 1. The Morgan fingerprint density at radius 1 is 1.06 bits per heavy atom. The third kappa shape index (κ3) is 4.16. The molecule has 0 bridgehead atoms. The maximum absolute atomic E-state index is 13.3. The van der Waals surface area contributed by atoms with Crippen LogP contribution in [-0.4, -0.2) is 41.4 Å². The molecule has 0 unspecified atom stereocenters. The predicted octanol–water partition coefficient (Wildman–Crippen LogP) is 3.35. The quantitative estimate of drug-likeness (QED) is 0.320. The number of nitrogens with one attached hydrogen (secondary N) is 2. The SMILES string of the molecule is Bc1cnn2c(NCCNC(=O)C3(c4ccccc4)CCCC3)cc(-c3ccccc3Cl)nc12. The molecule has 34 heavy (non-hydrogen) atoms. The van der Waals surface area contributed by atoms with Crippen molar-refractivity contribution in [3.63, 3.8) is 0 Å². The molecule has 0 spiro atoms. The Balaban J connectivity index is 1.32. The van der Waals surface area contributed by atoms with E-state index in [0.29, 0.717) is 18.1 Å². The minimum atomic E-state index is -0.415. The zero-order valence-electron chi connectivity index (χ0n) is 19.2. The van der Waals surface area contributed by atoms with Gasteiger partial charge in [-0.05, 0) is 29.9 Å². The molecule has 2 heterocycles. The lowest BCUT2D eigenvalue weighted by atomic mass is 9.78. The minimum Gasteiger partial charge on any atom is -0.368 e. The highest BCUT2D eigenvalue weighted by molar-refractivity contribution is 6.36. The van der Waals surface area contributed by atoms with Crippen molar-refractivity contribution in [3.05, 3.63) is 77.4 Å². The number of carbonyl (C=O) groups is 1. The maximum Gasteiger partial charge on any atom is 0.230 e. The molecule has 2 N–H and O–H groups in total. The number of carbonyl (C=O) groups excluding carboxylic acids is 1. The fourth-order valence-corrected chi connectivity index (χ4v) is 5.16. The Labute approximate surface area is 205 Å². The molecule has 6 nitrogen and oxygen atoms in total. The first-order valence-corrected chi connectivity index (χ1v) is 12.1. The standard InChI is InChI=1S/C26H27BClN5O/c27-20-17-31-33-23(16-22(32-24(20)33)19-10-4-5-11-21(19)28)29-14-15-30-25(34)26(12-6-7-13-26)18-8-2-1-3-9-18/h1-5,8-11,16-17,29H,6-7,12-15,27H2,(H,30,34). The van der Waals surface area contributed by atoms with Gasteiger partial charge in [-0.15, -0.1) is 0 Å². The molecule has 1 saturated carbocycles. The van der Waals surface area contributed by atoms with E-state index in [0.717, 1.165) is 59.4 Å². The van der Waals surface area contributed by atoms with Crippen LogP contribution in [0.2, 0.25) is 5.02 Å². The van der Waals surface area contributed by atoms with Gasteiger partial charge < -0.3 is 10.6 Å². The van der Waals surface area contributed by atoms with E-state index in [1.165, 1.54) is 0 Å². The van der Waals surface area contributed by atoms with Gasteiger partial charge in [0.15, 0.2) is 5.65 Å². The summed E-state index contributed by atoms with van der Waals surface area (Å²) in [6.07, 6.45) is 5.76. The number of aromatic nitrogens is 3. The van der Waals surface area contributed by atoms with E-state index in [4.69, 9.17) is 16.6 Å². The number of rotatable bonds is 7. The highest BCUT2D eigenvalue weighted by Crippen LogP contribution is 2.41. The lowest BCUT2D eigenvalue weighted by Crippen LogP contribution is -2.44. The number of fused-ring (bicyclic) bond motifs is 1. The van der Waals surface area contributed by atoms with Crippen molar-refractivity contribution in [3.8, 4) is 11.3 Å². The molecular weight excluding hydrogens is 445 g/mol. The summed E-state index contributed by atoms with van der Waals surface area (Å²) < 4.78 is 1.79. The fourth-order valence-electron chi connectivity index (χ4n) is 4.92. The molecule has 172 valence electrons. The lowest BCUT2D eigenvalue weighted by Gasteiger charge is -2.28. The predicted molar refractivity (Wildman–Crippen MR) is 140 cm³/mol. The molecule has 0 atom stereocenters. The number of benzene rings is 2. The van der Waals surface area contributed by atoms with Crippen LogP contribution in [0, 0.1) is 0 Å². The average Bonchev–Trinajstić information content (AvgIpc) is 3.51. The molecule has 2 aromatic carbocycles. The van der Waals surface area contributed by atoms with Gasteiger partial charge in [-0.1, -0.05) is 73.0 Å². The Bertz CT molecular complexity index is 1320. The summed E-state index contributed by atoms with van der Waals surface area (Å²) in [5.74, 6) is 0.922. The molecule has 1 aliphatic rings. The summed E-state index contributed by atoms with van der Waals surface area (Å²) in [5.41, 5.74) is 4.11. The van der Waals surface area contributed by atoms with Crippen molar-refractivity contribution >= 4 is 42.3 Å². The molecule has 1 amide bonds. The molecule has 5 rings (SSSR count). The Hall–Kier alpha value is -3.32. The second kappa shape index (κ2) is 9.51. The summed E-state index contributed by atoms with van der Waals surface area (Å²) in [4.78, 5) is 18.1. The smallest absolute Gasteiger partial charge is 0.230 e. The molecule has 1 aliphatic carbocycles. The van der Waals surface area contributed by atoms with Gasteiger partial charge in [-0.25, -0.2) is 4.98 Å². The third-order valence-electron chi connectivity index (χ3n) is 6.73. The van der Waals surface area contributed by atoms with Gasteiger partial charge in [0, 0.05) is 35.9 Å². The van der Waals surface area contributed by atoms with Crippen LogP contribution in [0.5, 0.6) is 0 Å². The van der Waals surface area contributed by atoms with E-state index in [9.17, 15) is 4.79 Å². The highest BCUT2D eigenvalue weighted by Gasteiger charge is 2.42. The highest BCUT2D eigenvalue weighted by atomic mass is 35.5. The minimum absolute atomic E-state index is 0.115. The van der Waals surface area contributed by atoms with Crippen molar-refractivity contribution in [2.75, 3.05) is 18.4 Å². The molecule has 4 aromatic rings. The first-order valence-electron chi connectivity index (χ1n) is 11.8. The summed E-state index contributed by atoms with van der Waals surface area (Å²) in [6, 6.07) is 19.8. The van der Waals surface area contributed by atoms with Crippen LogP contribution in [0.4, 0.5) is 5.82 Å². The molecular formula is C26H27BClN5O. The zero-order chi connectivity index (χ0) is 23.5. The van der Waals surface area contributed by atoms with E-state index in [1.807, 2.05) is 56.4 Å². The second-order valence-corrected chi connectivity index (χ2v) is 9.31. The molecule has 2 aromatic heterocycles. The summed E-state index contributed by atoms with van der Waals surface area (Å²) >= 11 is 6.43. The van der Waals surface area contributed by atoms with Crippen molar-refractivity contribution in [1.82, 2.24) is 19.9 Å². The zero-order valence-corrected chi connectivity index (χ0v) is 20.0. The monoisotopic (exact) mass is 471 g/mol. The van der Waals surface area contributed by atoms with E-state index in [1.54, 1.807) is 10.7 Å². The number of anilines is 1. The van der Waals surface area contributed by atoms with Crippen LogP contribution in [0.25, 0.3) is 16.9 Å². The summed E-state index contributed by atoms with van der Waals surface area (Å²) in [5, 5.41) is 11.7. The Morgan fingerprint density at radius 2 is 1.79 bits per heavy atom. The van der Waals surface area contributed by atoms with E-state index >= 15 is 0 Å².